The maximum Gasteiger partial charge on any atom is 0.258 e. The average Bonchev–Trinajstić information content (AvgIpc) is 2.90. The fourth-order valence-corrected chi connectivity index (χ4v) is 3.06. The van der Waals surface area contributed by atoms with Crippen LogP contribution in [0.1, 0.15) is 25.7 Å². The first kappa shape index (κ1) is 16.7. The van der Waals surface area contributed by atoms with E-state index in [4.69, 9.17) is 39.5 Å². The second kappa shape index (κ2) is 7.05. The molecule has 116 valence electrons. The van der Waals surface area contributed by atoms with E-state index in [1.165, 1.54) is 12.1 Å². The Morgan fingerprint density at radius 1 is 1.19 bits per heavy atom. The largest absolute Gasteiger partial charge is 0.482 e. The predicted molar refractivity (Wildman–Crippen MR) is 83.4 cm³/mol. The van der Waals surface area contributed by atoms with Gasteiger partial charge in [0.1, 0.15) is 5.75 Å². The zero-order chi connectivity index (χ0) is 15.5. The summed E-state index contributed by atoms with van der Waals surface area (Å²) in [6.45, 7) is -0.258. The number of rotatable bonds is 5. The van der Waals surface area contributed by atoms with Gasteiger partial charge < -0.3 is 15.2 Å². The highest BCUT2D eigenvalue weighted by atomic mass is 35.5. The number of nitrogens with one attached hydrogen (secondary N) is 1. The van der Waals surface area contributed by atoms with Gasteiger partial charge in [-0.1, -0.05) is 47.6 Å². The van der Waals surface area contributed by atoms with Crippen LogP contribution in [0.5, 0.6) is 5.75 Å². The molecular weight excluding hydrogens is 337 g/mol. The topological polar surface area (TPSA) is 58.6 Å². The highest BCUT2D eigenvalue weighted by Gasteiger charge is 2.34. The summed E-state index contributed by atoms with van der Waals surface area (Å²) in [5.74, 6) is -0.00113. The van der Waals surface area contributed by atoms with E-state index in [0.717, 1.165) is 25.7 Å². The van der Waals surface area contributed by atoms with Gasteiger partial charge in [-0.15, -0.1) is 0 Å². The van der Waals surface area contributed by atoms with E-state index in [-0.39, 0.29) is 24.1 Å². The van der Waals surface area contributed by atoms with E-state index in [1.54, 1.807) is 0 Å². The van der Waals surface area contributed by atoms with Crippen molar-refractivity contribution in [2.75, 3.05) is 13.2 Å². The first-order valence-corrected chi connectivity index (χ1v) is 7.78. The van der Waals surface area contributed by atoms with Gasteiger partial charge in [0.25, 0.3) is 5.91 Å². The summed E-state index contributed by atoms with van der Waals surface area (Å²) in [5, 5.41) is 13.2. The molecule has 1 aromatic rings. The zero-order valence-electron chi connectivity index (χ0n) is 11.3. The second-order valence-electron chi connectivity index (χ2n) is 5.18. The van der Waals surface area contributed by atoms with Crippen LogP contribution in [0.25, 0.3) is 0 Å². The van der Waals surface area contributed by atoms with Gasteiger partial charge in [-0.3, -0.25) is 4.79 Å². The molecule has 0 atom stereocenters. The van der Waals surface area contributed by atoms with Crippen LogP contribution in [0.4, 0.5) is 0 Å². The minimum absolute atomic E-state index is 0.0632. The number of hydrogen-bond donors (Lipinski definition) is 2. The summed E-state index contributed by atoms with van der Waals surface area (Å²) < 4.78 is 5.37. The normalized spacial score (nSPS) is 16.8. The summed E-state index contributed by atoms with van der Waals surface area (Å²) in [4.78, 5) is 12.0. The molecule has 4 nitrogen and oxygen atoms in total. The van der Waals surface area contributed by atoms with Crippen LogP contribution in [0.15, 0.2) is 12.1 Å². The lowest BCUT2D eigenvalue weighted by molar-refractivity contribution is -0.125. The van der Waals surface area contributed by atoms with Crippen molar-refractivity contribution in [3.05, 3.63) is 27.2 Å². The van der Waals surface area contributed by atoms with Crippen molar-refractivity contribution in [3.63, 3.8) is 0 Å². The molecule has 0 heterocycles. The van der Waals surface area contributed by atoms with Crippen molar-refractivity contribution in [2.24, 2.45) is 0 Å². The van der Waals surface area contributed by atoms with Gasteiger partial charge >= 0.3 is 0 Å². The third-order valence-corrected chi connectivity index (χ3v) is 4.62. The quantitative estimate of drug-likeness (QED) is 0.798. The SMILES string of the molecule is O=C(COc1cc(Cl)c(Cl)cc1Cl)NC1(CO)CCCC1. The van der Waals surface area contributed by atoms with Gasteiger partial charge in [0, 0.05) is 6.07 Å². The number of aliphatic hydroxyl groups is 1. The smallest absolute Gasteiger partial charge is 0.258 e. The molecule has 0 saturated heterocycles. The number of carbonyl (C=O) groups excluding carboxylic acids is 1. The molecule has 1 fully saturated rings. The molecule has 1 aliphatic rings. The van der Waals surface area contributed by atoms with E-state index in [0.29, 0.717) is 15.8 Å². The van der Waals surface area contributed by atoms with Gasteiger partial charge in [-0.2, -0.15) is 0 Å². The molecule has 0 aliphatic heterocycles. The lowest BCUT2D eigenvalue weighted by atomic mass is 9.99. The van der Waals surface area contributed by atoms with E-state index in [9.17, 15) is 9.90 Å². The minimum atomic E-state index is -0.512. The molecule has 1 amide bonds. The minimum Gasteiger partial charge on any atom is -0.482 e. The maximum absolute atomic E-state index is 12.0. The van der Waals surface area contributed by atoms with Crippen molar-refractivity contribution in [1.29, 1.82) is 0 Å². The fourth-order valence-electron chi connectivity index (χ4n) is 2.46. The number of ether oxygens (including phenoxy) is 1. The first-order chi connectivity index (χ1) is 9.96. The molecule has 0 unspecified atom stereocenters. The average molecular weight is 353 g/mol. The van der Waals surface area contributed by atoms with Crippen LogP contribution in [0, 0.1) is 0 Å². The molecule has 0 radical (unpaired) electrons. The molecule has 1 aromatic carbocycles. The summed E-state index contributed by atoms with van der Waals surface area (Å²) in [6.07, 6.45) is 3.56. The van der Waals surface area contributed by atoms with Gasteiger partial charge in [0.2, 0.25) is 0 Å². The van der Waals surface area contributed by atoms with Gasteiger partial charge in [0.05, 0.1) is 27.2 Å². The lowest BCUT2D eigenvalue weighted by Crippen LogP contribution is -2.50. The molecule has 1 saturated carbocycles. The van der Waals surface area contributed by atoms with Crippen molar-refractivity contribution >= 4 is 40.7 Å². The van der Waals surface area contributed by atoms with Gasteiger partial charge in [0.15, 0.2) is 6.61 Å². The monoisotopic (exact) mass is 351 g/mol. The Kier molecular flexibility index (Phi) is 5.60. The van der Waals surface area contributed by atoms with Crippen LogP contribution in [-0.2, 0) is 4.79 Å². The number of amides is 1. The molecule has 2 rings (SSSR count). The highest BCUT2D eigenvalue weighted by Crippen LogP contribution is 2.34. The third kappa shape index (κ3) is 4.16. The molecule has 21 heavy (non-hydrogen) atoms. The van der Waals surface area contributed by atoms with Crippen molar-refractivity contribution in [3.8, 4) is 5.75 Å². The Morgan fingerprint density at radius 2 is 1.81 bits per heavy atom. The Morgan fingerprint density at radius 3 is 2.43 bits per heavy atom. The summed E-state index contributed by atoms with van der Waals surface area (Å²) in [6, 6.07) is 2.93. The van der Waals surface area contributed by atoms with E-state index in [1.807, 2.05) is 0 Å². The first-order valence-electron chi connectivity index (χ1n) is 6.65. The lowest BCUT2D eigenvalue weighted by Gasteiger charge is -2.27. The van der Waals surface area contributed by atoms with Crippen LogP contribution in [0.3, 0.4) is 0 Å². The molecular formula is C14H16Cl3NO3. The zero-order valence-corrected chi connectivity index (χ0v) is 13.6. The molecule has 1 aliphatic carbocycles. The fraction of sp³-hybridized carbons (Fsp3) is 0.500. The Balaban J connectivity index is 1.94. The van der Waals surface area contributed by atoms with Crippen molar-refractivity contribution in [2.45, 2.75) is 31.2 Å². The maximum atomic E-state index is 12.0. The second-order valence-corrected chi connectivity index (χ2v) is 6.40. The van der Waals surface area contributed by atoms with E-state index in [2.05, 4.69) is 5.32 Å². The van der Waals surface area contributed by atoms with Crippen LogP contribution >= 0.6 is 34.8 Å². The molecule has 0 aromatic heterocycles. The Labute approximate surface area is 138 Å². The van der Waals surface area contributed by atoms with Gasteiger partial charge in [-0.05, 0) is 18.9 Å². The molecule has 2 N–H and O–H groups in total. The van der Waals surface area contributed by atoms with Crippen molar-refractivity contribution < 1.29 is 14.6 Å². The van der Waals surface area contributed by atoms with E-state index >= 15 is 0 Å². The molecule has 0 spiro atoms. The number of aliphatic hydroxyl groups excluding tert-OH is 1. The van der Waals surface area contributed by atoms with Crippen LogP contribution < -0.4 is 10.1 Å². The molecule has 7 heteroatoms. The number of carbonyl (C=O) groups is 1. The number of benzene rings is 1. The Bertz CT molecular complexity index is 530. The molecule has 0 bridgehead atoms. The number of hydrogen-bond acceptors (Lipinski definition) is 3. The Hall–Kier alpha value is -0.680. The third-order valence-electron chi connectivity index (χ3n) is 3.60. The number of halogens is 3. The van der Waals surface area contributed by atoms with Crippen LogP contribution in [-0.4, -0.2) is 29.8 Å². The standard InChI is InChI=1S/C14H16Cl3NO3/c15-9-5-11(17)12(6-10(9)16)21-7-13(20)18-14(8-19)3-1-2-4-14/h5-6,19H,1-4,7-8H2,(H,18,20). The predicted octanol–water partition coefficient (Wildman–Crippen LogP) is 3.45. The summed E-state index contributed by atoms with van der Waals surface area (Å²) >= 11 is 17.7. The van der Waals surface area contributed by atoms with Crippen LogP contribution in [0.2, 0.25) is 15.1 Å². The van der Waals surface area contributed by atoms with Gasteiger partial charge in [-0.25, -0.2) is 0 Å². The van der Waals surface area contributed by atoms with E-state index < -0.39 is 5.54 Å². The summed E-state index contributed by atoms with van der Waals surface area (Å²) in [7, 11) is 0. The summed E-state index contributed by atoms with van der Waals surface area (Å²) in [5.41, 5.74) is -0.512. The highest BCUT2D eigenvalue weighted by molar-refractivity contribution is 6.43. The van der Waals surface area contributed by atoms with Crippen molar-refractivity contribution in [1.82, 2.24) is 5.32 Å².